The molecule has 0 aromatic carbocycles. The number of piperazine rings is 1. The van der Waals surface area contributed by atoms with Crippen molar-refractivity contribution in [2.45, 2.75) is 44.8 Å². The van der Waals surface area contributed by atoms with Crippen LogP contribution >= 0.6 is 0 Å². The second-order valence-electron chi connectivity index (χ2n) is 7.57. The number of hydrogen-bond acceptors (Lipinski definition) is 8. The molecule has 150 valence electrons. The number of ether oxygens (including phenoxy) is 1. The third kappa shape index (κ3) is 4.30. The Hall–Kier alpha value is -2.55. The van der Waals surface area contributed by atoms with Gasteiger partial charge in [0.15, 0.2) is 0 Å². The molecule has 1 saturated carbocycles. The van der Waals surface area contributed by atoms with Crippen LogP contribution in [0, 0.1) is 6.92 Å². The Morgan fingerprint density at radius 1 is 1.07 bits per heavy atom. The van der Waals surface area contributed by atoms with Crippen LogP contribution in [0.15, 0.2) is 23.3 Å². The fourth-order valence-electron chi connectivity index (χ4n) is 4.01. The van der Waals surface area contributed by atoms with E-state index in [4.69, 9.17) is 4.74 Å². The Morgan fingerprint density at radius 2 is 1.82 bits per heavy atom. The highest BCUT2D eigenvalue weighted by atomic mass is 16.5. The summed E-state index contributed by atoms with van der Waals surface area (Å²) in [5.41, 5.74) is 0.619. The summed E-state index contributed by atoms with van der Waals surface area (Å²) in [5, 5.41) is 3.96. The van der Waals surface area contributed by atoms with E-state index in [1.807, 2.05) is 19.2 Å². The fourth-order valence-corrected chi connectivity index (χ4v) is 4.01. The van der Waals surface area contributed by atoms with E-state index in [2.05, 4.69) is 29.9 Å². The van der Waals surface area contributed by atoms with Crippen molar-refractivity contribution in [2.75, 3.05) is 31.1 Å². The van der Waals surface area contributed by atoms with E-state index >= 15 is 0 Å². The first-order valence-electron chi connectivity index (χ1n) is 9.94. The molecule has 0 spiro atoms. The van der Waals surface area contributed by atoms with Crippen molar-refractivity contribution < 1.29 is 4.74 Å². The lowest BCUT2D eigenvalue weighted by molar-refractivity contribution is 0.0811. The average Bonchev–Trinajstić information content (AvgIpc) is 2.72. The van der Waals surface area contributed by atoms with Gasteiger partial charge in [-0.15, -0.1) is 0 Å². The zero-order valence-corrected chi connectivity index (χ0v) is 16.5. The standard InChI is InChI=1S/C19H27N7O2/c1-14-7-8-20-18(22-14)26-11-9-25(10-12-26)15-3-5-16(6-4-15)28-17-13-21-24(2)19(27)23-17/h7-8,13,15-16H,3-6,9-12H2,1-2H3. The van der Waals surface area contributed by atoms with Crippen molar-refractivity contribution in [3.05, 3.63) is 34.6 Å². The first-order chi connectivity index (χ1) is 13.6. The van der Waals surface area contributed by atoms with Crippen LogP contribution in [0.4, 0.5) is 5.95 Å². The first kappa shape index (κ1) is 18.8. The van der Waals surface area contributed by atoms with Gasteiger partial charge in [0.05, 0.1) is 0 Å². The third-order valence-electron chi connectivity index (χ3n) is 5.65. The molecule has 0 atom stereocenters. The minimum Gasteiger partial charge on any atom is -0.473 e. The molecule has 0 N–H and O–H groups in total. The minimum atomic E-state index is -0.387. The SMILES string of the molecule is Cc1ccnc(N2CCN(C3CCC(Oc4cnn(C)c(=O)n4)CC3)CC2)n1. The largest absolute Gasteiger partial charge is 0.473 e. The second kappa shape index (κ2) is 8.22. The van der Waals surface area contributed by atoms with Gasteiger partial charge in [-0.3, -0.25) is 4.90 Å². The van der Waals surface area contributed by atoms with E-state index in [0.29, 0.717) is 11.9 Å². The van der Waals surface area contributed by atoms with Gasteiger partial charge >= 0.3 is 5.69 Å². The Balaban J connectivity index is 1.25. The molecular formula is C19H27N7O2. The summed E-state index contributed by atoms with van der Waals surface area (Å²) in [6.45, 7) is 5.99. The first-order valence-corrected chi connectivity index (χ1v) is 9.94. The number of aromatic nitrogens is 5. The lowest BCUT2D eigenvalue weighted by atomic mass is 9.91. The summed E-state index contributed by atoms with van der Waals surface area (Å²) in [6.07, 6.45) is 7.61. The van der Waals surface area contributed by atoms with Gasteiger partial charge in [-0.05, 0) is 38.7 Å². The molecule has 0 amide bonds. The quantitative estimate of drug-likeness (QED) is 0.763. The van der Waals surface area contributed by atoms with Gasteiger partial charge < -0.3 is 9.64 Å². The normalized spacial score (nSPS) is 23.6. The van der Waals surface area contributed by atoms with E-state index < -0.39 is 0 Å². The molecule has 4 rings (SSSR count). The number of aryl methyl sites for hydroxylation is 2. The van der Waals surface area contributed by atoms with Crippen molar-refractivity contribution in [1.29, 1.82) is 0 Å². The van der Waals surface area contributed by atoms with Gasteiger partial charge in [0.2, 0.25) is 11.8 Å². The van der Waals surface area contributed by atoms with E-state index in [1.54, 1.807) is 7.05 Å². The van der Waals surface area contributed by atoms with Crippen LogP contribution in [0.1, 0.15) is 31.4 Å². The molecule has 9 nitrogen and oxygen atoms in total. The molecule has 2 fully saturated rings. The summed E-state index contributed by atoms with van der Waals surface area (Å²) in [5.74, 6) is 1.17. The molecule has 9 heteroatoms. The van der Waals surface area contributed by atoms with Crippen LogP contribution in [0.25, 0.3) is 0 Å². The molecule has 2 aliphatic rings. The van der Waals surface area contributed by atoms with E-state index in [-0.39, 0.29) is 11.8 Å². The molecule has 2 aromatic heterocycles. The molecule has 1 aliphatic heterocycles. The summed E-state index contributed by atoms with van der Waals surface area (Å²) in [4.78, 5) is 29.3. The average molecular weight is 385 g/mol. The third-order valence-corrected chi connectivity index (χ3v) is 5.65. The maximum Gasteiger partial charge on any atom is 0.367 e. The molecule has 1 aliphatic carbocycles. The van der Waals surface area contributed by atoms with Crippen LogP contribution in [0.2, 0.25) is 0 Å². The van der Waals surface area contributed by atoms with Gasteiger partial charge in [0.25, 0.3) is 0 Å². The number of hydrogen-bond donors (Lipinski definition) is 0. The second-order valence-corrected chi connectivity index (χ2v) is 7.57. The summed E-state index contributed by atoms with van der Waals surface area (Å²) in [7, 11) is 1.58. The predicted molar refractivity (Wildman–Crippen MR) is 105 cm³/mol. The Kier molecular flexibility index (Phi) is 5.52. The van der Waals surface area contributed by atoms with Crippen LogP contribution in [-0.2, 0) is 7.05 Å². The van der Waals surface area contributed by atoms with Crippen molar-refractivity contribution in [3.63, 3.8) is 0 Å². The number of anilines is 1. The van der Waals surface area contributed by atoms with Gasteiger partial charge in [-0.2, -0.15) is 10.1 Å². The molecule has 3 heterocycles. The lowest BCUT2D eigenvalue weighted by Gasteiger charge is -2.41. The highest BCUT2D eigenvalue weighted by molar-refractivity contribution is 5.30. The maximum atomic E-state index is 11.6. The molecule has 28 heavy (non-hydrogen) atoms. The van der Waals surface area contributed by atoms with E-state index in [0.717, 1.165) is 63.5 Å². The summed E-state index contributed by atoms with van der Waals surface area (Å²) in [6, 6.07) is 2.52. The zero-order chi connectivity index (χ0) is 19.5. The molecule has 0 unspecified atom stereocenters. The minimum absolute atomic E-state index is 0.111. The Labute approximate surface area is 164 Å². The van der Waals surface area contributed by atoms with Crippen molar-refractivity contribution in [3.8, 4) is 5.88 Å². The Morgan fingerprint density at radius 3 is 2.50 bits per heavy atom. The van der Waals surface area contributed by atoms with Crippen LogP contribution in [-0.4, -0.2) is 68.0 Å². The van der Waals surface area contributed by atoms with E-state index in [1.165, 1.54) is 10.9 Å². The summed E-state index contributed by atoms with van der Waals surface area (Å²) >= 11 is 0. The highest BCUT2D eigenvalue weighted by Gasteiger charge is 2.29. The van der Waals surface area contributed by atoms with Gasteiger partial charge in [0, 0.05) is 51.2 Å². The van der Waals surface area contributed by atoms with Crippen molar-refractivity contribution in [2.24, 2.45) is 7.05 Å². The maximum absolute atomic E-state index is 11.6. The van der Waals surface area contributed by atoms with E-state index in [9.17, 15) is 4.79 Å². The van der Waals surface area contributed by atoms with Gasteiger partial charge in [-0.1, -0.05) is 0 Å². The topological polar surface area (TPSA) is 89.3 Å². The predicted octanol–water partition coefficient (Wildman–Crippen LogP) is 0.786. The number of nitrogens with zero attached hydrogens (tertiary/aromatic N) is 7. The van der Waals surface area contributed by atoms with Crippen LogP contribution in [0.5, 0.6) is 5.88 Å². The molecule has 0 bridgehead atoms. The van der Waals surface area contributed by atoms with Crippen LogP contribution in [0.3, 0.4) is 0 Å². The molecule has 1 saturated heterocycles. The lowest BCUT2D eigenvalue weighted by Crippen LogP contribution is -2.52. The smallest absolute Gasteiger partial charge is 0.367 e. The van der Waals surface area contributed by atoms with Crippen LogP contribution < -0.4 is 15.3 Å². The molecule has 0 radical (unpaired) electrons. The van der Waals surface area contributed by atoms with Crippen molar-refractivity contribution in [1.82, 2.24) is 29.6 Å². The monoisotopic (exact) mass is 385 g/mol. The molecular weight excluding hydrogens is 358 g/mol. The van der Waals surface area contributed by atoms with Gasteiger partial charge in [-0.25, -0.2) is 19.4 Å². The highest BCUT2D eigenvalue weighted by Crippen LogP contribution is 2.27. The summed E-state index contributed by atoms with van der Waals surface area (Å²) < 4.78 is 7.08. The Bertz CT molecular complexity index is 855. The van der Waals surface area contributed by atoms with Gasteiger partial charge in [0.1, 0.15) is 12.3 Å². The fraction of sp³-hybridized carbons (Fsp3) is 0.632. The van der Waals surface area contributed by atoms with Crippen molar-refractivity contribution >= 4 is 5.95 Å². The number of rotatable bonds is 4. The zero-order valence-electron chi connectivity index (χ0n) is 16.5. The molecule has 2 aromatic rings.